The van der Waals surface area contributed by atoms with Crippen molar-refractivity contribution < 1.29 is 13.6 Å². The van der Waals surface area contributed by atoms with Crippen molar-refractivity contribution in [3.63, 3.8) is 0 Å². The van der Waals surface area contributed by atoms with E-state index in [1.165, 1.54) is 19.1 Å². The third-order valence-electron chi connectivity index (χ3n) is 2.96. The van der Waals surface area contributed by atoms with Crippen LogP contribution < -0.4 is 5.73 Å². The Kier molecular flexibility index (Phi) is 4.75. The van der Waals surface area contributed by atoms with Crippen LogP contribution in [0.4, 0.5) is 8.78 Å². The normalized spacial score (nSPS) is 12.5. The molecule has 2 N–H and O–H groups in total. The van der Waals surface area contributed by atoms with Gasteiger partial charge in [-0.25, -0.2) is 8.78 Å². The molecule has 1 rings (SSSR count). The molecular weight excluding hydrogens is 224 g/mol. The van der Waals surface area contributed by atoms with Crippen molar-refractivity contribution in [2.75, 3.05) is 6.54 Å². The first-order valence-electron chi connectivity index (χ1n) is 5.69. The highest BCUT2D eigenvalue weighted by molar-refractivity contribution is 5.96. The molecule has 94 valence electrons. The molecule has 1 unspecified atom stereocenters. The Hall–Kier alpha value is -1.29. The van der Waals surface area contributed by atoms with Gasteiger partial charge in [0.2, 0.25) is 0 Å². The van der Waals surface area contributed by atoms with Gasteiger partial charge in [-0.15, -0.1) is 0 Å². The first-order chi connectivity index (χ1) is 8.01. The van der Waals surface area contributed by atoms with Crippen molar-refractivity contribution in [3.8, 4) is 0 Å². The van der Waals surface area contributed by atoms with Crippen molar-refractivity contribution in [2.24, 2.45) is 11.7 Å². The van der Waals surface area contributed by atoms with Crippen molar-refractivity contribution in [3.05, 3.63) is 34.9 Å². The van der Waals surface area contributed by atoms with Gasteiger partial charge in [-0.3, -0.25) is 4.79 Å². The van der Waals surface area contributed by atoms with E-state index in [0.717, 1.165) is 6.42 Å². The van der Waals surface area contributed by atoms with E-state index in [9.17, 15) is 13.6 Å². The summed E-state index contributed by atoms with van der Waals surface area (Å²) < 4.78 is 26.8. The number of hydrogen-bond donors (Lipinski definition) is 1. The van der Waals surface area contributed by atoms with Crippen LogP contribution in [0.25, 0.3) is 0 Å². The molecule has 0 aliphatic rings. The number of carbonyl (C=O) groups is 1. The first-order valence-corrected chi connectivity index (χ1v) is 5.69. The van der Waals surface area contributed by atoms with Crippen LogP contribution in [0.1, 0.15) is 35.7 Å². The van der Waals surface area contributed by atoms with E-state index in [0.29, 0.717) is 6.54 Å². The lowest BCUT2D eigenvalue weighted by Crippen LogP contribution is -2.18. The number of nitrogens with two attached hydrogens (primary N) is 1. The molecule has 17 heavy (non-hydrogen) atoms. The van der Waals surface area contributed by atoms with Gasteiger partial charge >= 0.3 is 0 Å². The first kappa shape index (κ1) is 13.8. The van der Waals surface area contributed by atoms with Crippen LogP contribution in [-0.4, -0.2) is 12.3 Å². The number of carbonyl (C=O) groups excluding carboxylic acids is 1. The van der Waals surface area contributed by atoms with E-state index < -0.39 is 17.4 Å². The fourth-order valence-electron chi connectivity index (χ4n) is 1.63. The molecule has 0 aliphatic carbocycles. The molecule has 2 nitrogen and oxygen atoms in total. The summed E-state index contributed by atoms with van der Waals surface area (Å²) in [7, 11) is 0. The predicted molar refractivity (Wildman–Crippen MR) is 62.9 cm³/mol. The number of Topliss-reactive ketones (excluding diaryl/α,β-unsaturated/α-hetero) is 1. The van der Waals surface area contributed by atoms with Gasteiger partial charge in [-0.2, -0.15) is 0 Å². The van der Waals surface area contributed by atoms with Crippen molar-refractivity contribution >= 4 is 5.78 Å². The van der Waals surface area contributed by atoms with E-state index in [-0.39, 0.29) is 23.5 Å². The van der Waals surface area contributed by atoms with Crippen LogP contribution >= 0.6 is 0 Å². The van der Waals surface area contributed by atoms with Crippen LogP contribution in [0.15, 0.2) is 12.1 Å². The molecule has 0 bridgehead atoms. The number of hydrogen-bond acceptors (Lipinski definition) is 2. The summed E-state index contributed by atoms with van der Waals surface area (Å²) in [6.07, 6.45) is 0.907. The Bertz CT molecular complexity index is 414. The Labute approximate surface area is 99.8 Å². The maximum atomic E-state index is 13.5. The lowest BCUT2D eigenvalue weighted by Gasteiger charge is -2.11. The molecule has 4 heteroatoms. The van der Waals surface area contributed by atoms with Gasteiger partial charge in [-0.1, -0.05) is 19.4 Å². The highest BCUT2D eigenvalue weighted by Gasteiger charge is 2.19. The van der Waals surface area contributed by atoms with Gasteiger partial charge in [0.15, 0.2) is 17.4 Å². The average Bonchev–Trinajstić information content (AvgIpc) is 2.32. The van der Waals surface area contributed by atoms with E-state index in [1.807, 2.05) is 6.92 Å². The Morgan fingerprint density at radius 1 is 1.35 bits per heavy atom. The summed E-state index contributed by atoms with van der Waals surface area (Å²) in [6.45, 7) is 3.75. The van der Waals surface area contributed by atoms with Crippen LogP contribution in [0.5, 0.6) is 0 Å². The van der Waals surface area contributed by atoms with Crippen molar-refractivity contribution in [2.45, 2.75) is 26.7 Å². The maximum absolute atomic E-state index is 13.5. The standard InChI is InChI=1S/C13H17F2NO/c1-3-9(7-16)6-11(17)10-5-4-8(2)12(14)13(10)15/h4-5,9H,3,6-7,16H2,1-2H3. The summed E-state index contributed by atoms with van der Waals surface area (Å²) >= 11 is 0. The van der Waals surface area contributed by atoms with Crippen LogP contribution in [0, 0.1) is 24.5 Å². The zero-order valence-electron chi connectivity index (χ0n) is 10.1. The van der Waals surface area contributed by atoms with Gasteiger partial charge in [-0.05, 0) is 31.0 Å². The molecule has 0 aromatic heterocycles. The van der Waals surface area contributed by atoms with E-state index in [2.05, 4.69) is 0 Å². The lowest BCUT2D eigenvalue weighted by atomic mass is 9.95. The molecule has 1 aromatic carbocycles. The lowest BCUT2D eigenvalue weighted by molar-refractivity contribution is 0.0956. The highest BCUT2D eigenvalue weighted by Crippen LogP contribution is 2.19. The summed E-state index contributed by atoms with van der Waals surface area (Å²) in [5.74, 6) is -2.37. The predicted octanol–water partition coefficient (Wildman–Crippen LogP) is 2.83. The topological polar surface area (TPSA) is 43.1 Å². The van der Waals surface area contributed by atoms with Gasteiger partial charge in [0.1, 0.15) is 0 Å². The fourth-order valence-corrected chi connectivity index (χ4v) is 1.63. The summed E-state index contributed by atoms with van der Waals surface area (Å²) in [4.78, 5) is 11.8. The van der Waals surface area contributed by atoms with E-state index in [4.69, 9.17) is 5.73 Å². The Morgan fingerprint density at radius 3 is 2.53 bits per heavy atom. The highest BCUT2D eigenvalue weighted by atomic mass is 19.2. The summed E-state index contributed by atoms with van der Waals surface area (Å²) in [5.41, 5.74) is 5.50. The van der Waals surface area contributed by atoms with Crippen LogP contribution in [-0.2, 0) is 0 Å². The molecular formula is C13H17F2NO. The molecule has 0 saturated carbocycles. The number of benzene rings is 1. The minimum Gasteiger partial charge on any atom is -0.330 e. The second-order valence-electron chi connectivity index (χ2n) is 4.20. The second kappa shape index (κ2) is 5.87. The van der Waals surface area contributed by atoms with Gasteiger partial charge in [0.25, 0.3) is 0 Å². The maximum Gasteiger partial charge on any atom is 0.169 e. The zero-order chi connectivity index (χ0) is 13.0. The monoisotopic (exact) mass is 241 g/mol. The number of aryl methyl sites for hydroxylation is 1. The minimum absolute atomic E-state index is 0.0197. The molecule has 1 atom stereocenters. The van der Waals surface area contributed by atoms with Crippen molar-refractivity contribution in [1.82, 2.24) is 0 Å². The molecule has 0 saturated heterocycles. The minimum atomic E-state index is -1.05. The fraction of sp³-hybridized carbons (Fsp3) is 0.462. The third-order valence-corrected chi connectivity index (χ3v) is 2.96. The molecule has 0 spiro atoms. The molecule has 1 aromatic rings. The Morgan fingerprint density at radius 2 is 2.00 bits per heavy atom. The average molecular weight is 241 g/mol. The van der Waals surface area contributed by atoms with Crippen LogP contribution in [0.3, 0.4) is 0 Å². The van der Waals surface area contributed by atoms with Crippen molar-refractivity contribution in [1.29, 1.82) is 0 Å². The Balaban J connectivity index is 2.93. The quantitative estimate of drug-likeness (QED) is 0.805. The number of halogens is 2. The SMILES string of the molecule is CCC(CN)CC(=O)c1ccc(C)c(F)c1F. The van der Waals surface area contributed by atoms with Gasteiger partial charge < -0.3 is 5.73 Å². The molecule has 0 radical (unpaired) electrons. The number of rotatable bonds is 5. The van der Waals surface area contributed by atoms with Crippen LogP contribution in [0.2, 0.25) is 0 Å². The second-order valence-corrected chi connectivity index (χ2v) is 4.20. The molecule has 0 fully saturated rings. The molecule has 0 aliphatic heterocycles. The van der Waals surface area contributed by atoms with Gasteiger partial charge in [0, 0.05) is 6.42 Å². The smallest absolute Gasteiger partial charge is 0.169 e. The van der Waals surface area contributed by atoms with Gasteiger partial charge in [0.05, 0.1) is 5.56 Å². The number of ketones is 1. The largest absolute Gasteiger partial charge is 0.330 e. The molecule has 0 heterocycles. The summed E-state index contributed by atoms with van der Waals surface area (Å²) in [5, 5.41) is 0. The van der Waals surface area contributed by atoms with E-state index in [1.54, 1.807) is 0 Å². The zero-order valence-corrected chi connectivity index (χ0v) is 10.1. The van der Waals surface area contributed by atoms with E-state index >= 15 is 0 Å². The third kappa shape index (κ3) is 3.09. The summed E-state index contributed by atoms with van der Waals surface area (Å²) in [6, 6.07) is 2.74. The molecule has 0 amide bonds.